The second kappa shape index (κ2) is 5.41. The average Bonchev–Trinajstić information content (AvgIpc) is 3.01. The van der Waals surface area contributed by atoms with Gasteiger partial charge in [-0.05, 0) is 38.8 Å². The Morgan fingerprint density at radius 3 is 3.00 bits per heavy atom. The van der Waals surface area contributed by atoms with E-state index in [0.29, 0.717) is 11.6 Å². The highest BCUT2D eigenvalue weighted by Crippen LogP contribution is 2.37. The third kappa shape index (κ3) is 2.69. The number of nitrogens with zero attached hydrogens (tertiary/aromatic N) is 2. The van der Waals surface area contributed by atoms with Crippen LogP contribution in [0.5, 0.6) is 0 Å². The molecule has 1 spiro atoms. The highest BCUT2D eigenvalue weighted by atomic mass is 32.2. The van der Waals surface area contributed by atoms with Crippen LogP contribution >= 0.6 is 11.8 Å². The number of piperidine rings is 1. The summed E-state index contributed by atoms with van der Waals surface area (Å²) >= 11 is 1.96. The van der Waals surface area contributed by atoms with E-state index in [9.17, 15) is 0 Å². The lowest BCUT2D eigenvalue weighted by molar-refractivity contribution is 0.220. The average molecular weight is 267 g/mol. The summed E-state index contributed by atoms with van der Waals surface area (Å²) in [5, 5.41) is 4.98. The molecule has 0 aromatic heterocycles. The summed E-state index contributed by atoms with van der Waals surface area (Å²) in [6.07, 6.45) is 8.08. The van der Waals surface area contributed by atoms with Gasteiger partial charge in [-0.2, -0.15) is 0 Å². The monoisotopic (exact) mass is 267 g/mol. The largest absolute Gasteiger partial charge is 0.359 e. The molecule has 102 valence electrons. The predicted octanol–water partition coefficient (Wildman–Crippen LogP) is 2.48. The Bertz CT molecular complexity index is 323. The van der Waals surface area contributed by atoms with Crippen molar-refractivity contribution in [1.82, 2.24) is 10.2 Å². The van der Waals surface area contributed by atoms with Gasteiger partial charge in [0.05, 0.1) is 6.04 Å². The topological polar surface area (TPSA) is 27.6 Å². The highest BCUT2D eigenvalue weighted by Gasteiger charge is 2.39. The van der Waals surface area contributed by atoms with Crippen molar-refractivity contribution in [2.75, 3.05) is 25.4 Å². The maximum Gasteiger partial charge on any atom is 0.157 e. The Morgan fingerprint density at radius 2 is 2.22 bits per heavy atom. The minimum absolute atomic E-state index is 0.419. The molecule has 1 N–H and O–H groups in total. The van der Waals surface area contributed by atoms with Crippen LogP contribution in [0.3, 0.4) is 0 Å². The van der Waals surface area contributed by atoms with Crippen LogP contribution in [0.25, 0.3) is 0 Å². The molecule has 1 saturated carbocycles. The first-order chi connectivity index (χ1) is 8.80. The van der Waals surface area contributed by atoms with E-state index in [1.807, 2.05) is 11.8 Å². The Balaban J connectivity index is 1.59. The lowest BCUT2D eigenvalue weighted by Crippen LogP contribution is -2.42. The summed E-state index contributed by atoms with van der Waals surface area (Å²) in [4.78, 5) is 7.51. The second-order valence-corrected chi connectivity index (χ2v) is 6.99. The zero-order chi connectivity index (χ0) is 12.4. The molecule has 2 saturated heterocycles. The lowest BCUT2D eigenvalue weighted by Gasteiger charge is -2.30. The van der Waals surface area contributed by atoms with Crippen molar-refractivity contribution < 1.29 is 0 Å². The molecule has 0 radical (unpaired) electrons. The van der Waals surface area contributed by atoms with E-state index in [1.54, 1.807) is 0 Å². The van der Waals surface area contributed by atoms with Crippen LogP contribution in [0.4, 0.5) is 0 Å². The zero-order valence-corrected chi connectivity index (χ0v) is 12.3. The van der Waals surface area contributed by atoms with Gasteiger partial charge in [-0.3, -0.25) is 4.99 Å². The fourth-order valence-electron chi connectivity index (χ4n) is 3.49. The van der Waals surface area contributed by atoms with Crippen molar-refractivity contribution in [2.45, 2.75) is 57.0 Å². The summed E-state index contributed by atoms with van der Waals surface area (Å²) in [5.74, 6) is 1.25. The molecule has 18 heavy (non-hydrogen) atoms. The minimum atomic E-state index is 0.419. The van der Waals surface area contributed by atoms with Crippen LogP contribution in [0.1, 0.15) is 45.4 Å². The van der Waals surface area contributed by atoms with Gasteiger partial charge in [0.1, 0.15) is 0 Å². The second-order valence-electron chi connectivity index (χ2n) is 6.02. The van der Waals surface area contributed by atoms with Crippen LogP contribution < -0.4 is 5.32 Å². The number of rotatable bonds is 2. The summed E-state index contributed by atoms with van der Waals surface area (Å²) in [6.45, 7) is 5.86. The van der Waals surface area contributed by atoms with Gasteiger partial charge in [-0.25, -0.2) is 0 Å². The van der Waals surface area contributed by atoms with Gasteiger partial charge in [0.25, 0.3) is 0 Å². The van der Waals surface area contributed by atoms with Crippen molar-refractivity contribution in [3.8, 4) is 0 Å². The molecule has 2 heterocycles. The van der Waals surface area contributed by atoms with Gasteiger partial charge in [0.15, 0.2) is 5.17 Å². The molecule has 0 aromatic rings. The van der Waals surface area contributed by atoms with Gasteiger partial charge in [0, 0.05) is 17.8 Å². The van der Waals surface area contributed by atoms with Crippen LogP contribution in [0.15, 0.2) is 4.99 Å². The van der Waals surface area contributed by atoms with Crippen molar-refractivity contribution >= 4 is 16.9 Å². The molecule has 3 fully saturated rings. The number of aliphatic imine (C=N–C) groups is 1. The van der Waals surface area contributed by atoms with Crippen molar-refractivity contribution in [3.63, 3.8) is 0 Å². The number of hydrogen-bond donors (Lipinski definition) is 1. The Kier molecular flexibility index (Phi) is 3.85. The number of likely N-dealkylation sites (tertiary alicyclic amines) is 1. The maximum absolute atomic E-state index is 4.98. The molecule has 4 heteroatoms. The standard InChI is InChI=1S/C14H25N3S/c1-2-17-9-5-6-12(10-17)15-13-16-14(11-18-13)7-3-4-8-14/h12H,2-11H2,1H3,(H,15,16). The fourth-order valence-corrected chi connectivity index (χ4v) is 4.77. The molecule has 0 aromatic carbocycles. The van der Waals surface area contributed by atoms with Crippen LogP contribution in [-0.4, -0.2) is 47.0 Å². The summed E-state index contributed by atoms with van der Waals surface area (Å²) < 4.78 is 0. The number of amidine groups is 1. The van der Waals surface area contributed by atoms with E-state index in [2.05, 4.69) is 17.1 Å². The van der Waals surface area contributed by atoms with Crippen molar-refractivity contribution in [3.05, 3.63) is 0 Å². The van der Waals surface area contributed by atoms with Crippen LogP contribution in [0.2, 0.25) is 0 Å². The summed E-state index contributed by atoms with van der Waals surface area (Å²) in [7, 11) is 0. The zero-order valence-electron chi connectivity index (χ0n) is 11.5. The SMILES string of the molecule is CCN1CCCC(N=C2NC3(CCCC3)CS2)C1. The Labute approximate surface area is 115 Å². The number of likely N-dealkylation sites (N-methyl/N-ethyl adjacent to an activating group) is 1. The molecule has 2 aliphatic heterocycles. The first-order valence-corrected chi connectivity index (χ1v) is 8.49. The van der Waals surface area contributed by atoms with Gasteiger partial charge in [0.2, 0.25) is 0 Å². The lowest BCUT2D eigenvalue weighted by atomic mass is 10.0. The van der Waals surface area contributed by atoms with E-state index in [0.717, 1.165) is 6.54 Å². The fraction of sp³-hybridized carbons (Fsp3) is 0.929. The first-order valence-electron chi connectivity index (χ1n) is 7.51. The molecule has 1 unspecified atom stereocenters. The van der Waals surface area contributed by atoms with Gasteiger partial charge in [-0.1, -0.05) is 31.5 Å². The quantitative estimate of drug-likeness (QED) is 0.833. The maximum atomic E-state index is 4.98. The molecular weight excluding hydrogens is 242 g/mol. The Hall–Kier alpha value is -0.220. The molecule has 1 atom stereocenters. The van der Waals surface area contributed by atoms with Gasteiger partial charge < -0.3 is 10.2 Å². The van der Waals surface area contributed by atoms with E-state index in [-0.39, 0.29) is 0 Å². The molecule has 1 aliphatic carbocycles. The van der Waals surface area contributed by atoms with Crippen LogP contribution in [0, 0.1) is 0 Å². The third-order valence-corrected chi connectivity index (χ3v) is 5.82. The molecule has 3 rings (SSSR count). The third-order valence-electron chi connectivity index (χ3n) is 4.65. The summed E-state index contributed by atoms with van der Waals surface area (Å²) in [6, 6.07) is 0.533. The normalized spacial score (nSPS) is 34.3. The van der Waals surface area contributed by atoms with Gasteiger partial charge in [-0.15, -0.1) is 0 Å². The summed E-state index contributed by atoms with van der Waals surface area (Å²) in [5.41, 5.74) is 0.419. The van der Waals surface area contributed by atoms with Crippen LogP contribution in [-0.2, 0) is 0 Å². The van der Waals surface area contributed by atoms with E-state index in [1.165, 1.54) is 62.5 Å². The molecule has 0 bridgehead atoms. The number of nitrogens with one attached hydrogen (secondary N) is 1. The Morgan fingerprint density at radius 1 is 1.39 bits per heavy atom. The highest BCUT2D eigenvalue weighted by molar-refractivity contribution is 8.14. The smallest absolute Gasteiger partial charge is 0.157 e. The molecule has 0 amide bonds. The first kappa shape index (κ1) is 12.8. The predicted molar refractivity (Wildman–Crippen MR) is 79.4 cm³/mol. The van der Waals surface area contributed by atoms with Crippen molar-refractivity contribution in [1.29, 1.82) is 0 Å². The number of thioether (sulfide) groups is 1. The minimum Gasteiger partial charge on any atom is -0.359 e. The van der Waals surface area contributed by atoms with Gasteiger partial charge >= 0.3 is 0 Å². The molecular formula is C14H25N3S. The van der Waals surface area contributed by atoms with E-state index in [4.69, 9.17) is 4.99 Å². The van der Waals surface area contributed by atoms with E-state index >= 15 is 0 Å². The van der Waals surface area contributed by atoms with Crippen molar-refractivity contribution in [2.24, 2.45) is 4.99 Å². The number of hydrogen-bond acceptors (Lipinski definition) is 3. The van der Waals surface area contributed by atoms with E-state index < -0.39 is 0 Å². The molecule has 3 aliphatic rings. The molecule has 3 nitrogen and oxygen atoms in total.